The maximum atomic E-state index is 13.5. The number of thiocarbonyl (C=S) groups is 1. The first-order valence-corrected chi connectivity index (χ1v) is 9.73. The van der Waals surface area contributed by atoms with Gasteiger partial charge in [-0.1, -0.05) is 24.3 Å². The zero-order valence-corrected chi connectivity index (χ0v) is 16.7. The third kappa shape index (κ3) is 3.88. The summed E-state index contributed by atoms with van der Waals surface area (Å²) >= 11 is 5.24. The van der Waals surface area contributed by atoms with Crippen LogP contribution in [0.4, 0.5) is 10.1 Å². The Balaban J connectivity index is 1.31. The molecule has 3 aromatic carbocycles. The summed E-state index contributed by atoms with van der Waals surface area (Å²) in [5.74, 6) is -0.346. The molecule has 6 nitrogen and oxygen atoms in total. The second-order valence-electron chi connectivity index (χ2n) is 6.77. The number of rotatable bonds is 3. The molecular weight excluding hydrogens is 417 g/mol. The lowest BCUT2D eigenvalue weighted by atomic mass is 10.2. The van der Waals surface area contributed by atoms with Gasteiger partial charge >= 0.3 is 0 Å². The normalized spacial score (nSPS) is 11.0. The van der Waals surface area contributed by atoms with E-state index in [1.165, 1.54) is 12.1 Å². The molecule has 0 aliphatic rings. The second-order valence-corrected chi connectivity index (χ2v) is 7.18. The van der Waals surface area contributed by atoms with Gasteiger partial charge in [0.15, 0.2) is 16.5 Å². The van der Waals surface area contributed by atoms with E-state index in [0.717, 1.165) is 5.39 Å². The fourth-order valence-electron chi connectivity index (χ4n) is 3.17. The van der Waals surface area contributed by atoms with Crippen molar-refractivity contribution in [2.75, 3.05) is 5.32 Å². The Kier molecular flexibility index (Phi) is 4.68. The van der Waals surface area contributed by atoms with Crippen molar-refractivity contribution >= 4 is 51.0 Å². The molecule has 0 spiro atoms. The van der Waals surface area contributed by atoms with Crippen LogP contribution in [0.3, 0.4) is 0 Å². The van der Waals surface area contributed by atoms with E-state index < -0.39 is 5.91 Å². The van der Waals surface area contributed by atoms with Crippen LogP contribution < -0.4 is 10.6 Å². The van der Waals surface area contributed by atoms with Crippen molar-refractivity contribution in [3.63, 3.8) is 0 Å². The number of amides is 1. The van der Waals surface area contributed by atoms with Gasteiger partial charge in [-0.25, -0.2) is 9.37 Å². The van der Waals surface area contributed by atoms with E-state index >= 15 is 0 Å². The maximum absolute atomic E-state index is 13.5. The van der Waals surface area contributed by atoms with Crippen LogP contribution in [0.15, 0.2) is 81.6 Å². The van der Waals surface area contributed by atoms with Gasteiger partial charge in [0.05, 0.1) is 0 Å². The molecule has 0 unspecified atom stereocenters. The zero-order chi connectivity index (χ0) is 21.4. The van der Waals surface area contributed by atoms with Crippen LogP contribution in [0.5, 0.6) is 0 Å². The number of benzene rings is 3. The highest BCUT2D eigenvalue weighted by Crippen LogP contribution is 2.26. The van der Waals surface area contributed by atoms with Gasteiger partial charge in [-0.15, -0.1) is 0 Å². The largest absolute Gasteiger partial charge is 0.451 e. The highest BCUT2D eigenvalue weighted by molar-refractivity contribution is 7.80. The Morgan fingerprint density at radius 2 is 1.81 bits per heavy atom. The van der Waals surface area contributed by atoms with Crippen LogP contribution in [0, 0.1) is 5.82 Å². The number of hydrogen-bond donors (Lipinski definition) is 2. The number of para-hydroxylation sites is 1. The molecule has 0 atom stereocenters. The van der Waals surface area contributed by atoms with Crippen molar-refractivity contribution in [1.82, 2.24) is 10.3 Å². The van der Waals surface area contributed by atoms with Crippen molar-refractivity contribution < 1.29 is 18.0 Å². The lowest BCUT2D eigenvalue weighted by Crippen LogP contribution is -2.33. The number of carbonyl (C=O) groups excluding carboxylic acids is 1. The molecule has 2 heterocycles. The number of oxazole rings is 1. The minimum absolute atomic E-state index is 0.110. The Bertz CT molecular complexity index is 1420. The quantitative estimate of drug-likeness (QED) is 0.367. The van der Waals surface area contributed by atoms with E-state index in [9.17, 15) is 9.18 Å². The Morgan fingerprint density at radius 3 is 2.65 bits per heavy atom. The molecule has 0 aliphatic carbocycles. The van der Waals surface area contributed by atoms with Crippen LogP contribution >= 0.6 is 12.2 Å². The van der Waals surface area contributed by atoms with Gasteiger partial charge in [0.2, 0.25) is 5.89 Å². The van der Waals surface area contributed by atoms with Crippen LogP contribution in [-0.2, 0) is 0 Å². The van der Waals surface area contributed by atoms with Crippen molar-refractivity contribution in [3.8, 4) is 11.5 Å². The topological polar surface area (TPSA) is 80.3 Å². The van der Waals surface area contributed by atoms with Gasteiger partial charge in [-0.2, -0.15) is 0 Å². The highest BCUT2D eigenvalue weighted by Gasteiger charge is 2.14. The Hall–Kier alpha value is -4.04. The first kappa shape index (κ1) is 19.0. The number of carbonyl (C=O) groups is 1. The monoisotopic (exact) mass is 431 g/mol. The van der Waals surface area contributed by atoms with E-state index in [0.29, 0.717) is 33.8 Å². The fraction of sp³-hybridized carbons (Fsp3) is 0. The number of aromatic nitrogens is 1. The highest BCUT2D eigenvalue weighted by atomic mass is 32.1. The number of anilines is 1. The summed E-state index contributed by atoms with van der Waals surface area (Å²) < 4.78 is 24.7. The van der Waals surface area contributed by atoms with Gasteiger partial charge in [0.1, 0.15) is 16.9 Å². The molecule has 8 heteroatoms. The number of fused-ring (bicyclic) bond motifs is 2. The third-order valence-corrected chi connectivity index (χ3v) is 4.80. The summed E-state index contributed by atoms with van der Waals surface area (Å²) in [5, 5.41) is 6.48. The summed E-state index contributed by atoms with van der Waals surface area (Å²) in [7, 11) is 0. The van der Waals surface area contributed by atoms with Crippen LogP contribution in [-0.4, -0.2) is 16.0 Å². The van der Waals surface area contributed by atoms with E-state index in [1.807, 2.05) is 18.2 Å². The van der Waals surface area contributed by atoms with Crippen molar-refractivity contribution in [1.29, 1.82) is 0 Å². The molecule has 0 fully saturated rings. The summed E-state index contributed by atoms with van der Waals surface area (Å²) in [4.78, 5) is 16.8. The van der Waals surface area contributed by atoms with Crippen molar-refractivity contribution in [2.24, 2.45) is 0 Å². The molecule has 0 bridgehead atoms. The predicted octanol–water partition coefficient (Wildman–Crippen LogP) is 5.51. The molecule has 152 valence electrons. The minimum atomic E-state index is -0.454. The molecule has 5 rings (SSSR count). The summed E-state index contributed by atoms with van der Waals surface area (Å²) in [6, 6.07) is 20.2. The molecular formula is C23H14FN3O3S. The number of hydrogen-bond acceptors (Lipinski definition) is 5. The summed E-state index contributed by atoms with van der Waals surface area (Å²) in [6.45, 7) is 0. The number of furan rings is 1. The fourth-order valence-corrected chi connectivity index (χ4v) is 3.38. The second kappa shape index (κ2) is 7.66. The average molecular weight is 431 g/mol. The Morgan fingerprint density at radius 1 is 0.935 bits per heavy atom. The first-order chi connectivity index (χ1) is 15.0. The first-order valence-electron chi connectivity index (χ1n) is 9.33. The molecule has 2 aromatic heterocycles. The average Bonchev–Trinajstić information content (AvgIpc) is 3.37. The maximum Gasteiger partial charge on any atom is 0.293 e. The van der Waals surface area contributed by atoms with E-state index in [1.54, 1.807) is 42.5 Å². The lowest BCUT2D eigenvalue weighted by Gasteiger charge is -2.08. The molecule has 2 N–H and O–H groups in total. The lowest BCUT2D eigenvalue weighted by molar-refractivity contribution is 0.0953. The van der Waals surface area contributed by atoms with Gasteiger partial charge in [-0.3, -0.25) is 10.1 Å². The molecule has 31 heavy (non-hydrogen) atoms. The van der Waals surface area contributed by atoms with E-state index in [2.05, 4.69) is 15.6 Å². The molecule has 0 saturated heterocycles. The van der Waals surface area contributed by atoms with Gasteiger partial charge in [-0.05, 0) is 60.7 Å². The van der Waals surface area contributed by atoms with Crippen molar-refractivity contribution in [2.45, 2.75) is 0 Å². The zero-order valence-electron chi connectivity index (χ0n) is 15.9. The van der Waals surface area contributed by atoms with Gasteiger partial charge in [0, 0.05) is 16.6 Å². The number of nitrogens with one attached hydrogen (secondary N) is 2. The molecule has 0 saturated carbocycles. The Labute approximate surface area is 180 Å². The summed E-state index contributed by atoms with van der Waals surface area (Å²) in [5.41, 5.74) is 2.88. The number of nitrogens with zero attached hydrogens (tertiary/aromatic N) is 1. The molecule has 1 amide bonds. The molecule has 5 aromatic rings. The predicted molar refractivity (Wildman–Crippen MR) is 119 cm³/mol. The van der Waals surface area contributed by atoms with Crippen LogP contribution in [0.2, 0.25) is 0 Å². The van der Waals surface area contributed by atoms with Crippen LogP contribution in [0.25, 0.3) is 33.5 Å². The SMILES string of the molecule is O=C(NC(=S)Nc1ccc2oc(-c3cccc(F)c3)nc2c1)c1cc2ccccc2o1. The molecule has 0 radical (unpaired) electrons. The van der Waals surface area contributed by atoms with Gasteiger partial charge in [0.25, 0.3) is 5.91 Å². The standard InChI is InChI=1S/C23H14FN3O3S/c24-15-6-3-5-14(10-15)22-26-17-12-16(8-9-19(17)30-22)25-23(31)27-21(28)20-11-13-4-1-2-7-18(13)29-20/h1-12H,(H2,25,27,28,31). The van der Waals surface area contributed by atoms with Crippen LogP contribution in [0.1, 0.15) is 10.6 Å². The smallest absolute Gasteiger partial charge is 0.293 e. The molecule has 0 aliphatic heterocycles. The summed E-state index contributed by atoms with van der Waals surface area (Å²) in [6.07, 6.45) is 0. The third-order valence-electron chi connectivity index (χ3n) is 4.59. The number of halogens is 1. The minimum Gasteiger partial charge on any atom is -0.451 e. The van der Waals surface area contributed by atoms with Gasteiger partial charge < -0.3 is 14.2 Å². The van der Waals surface area contributed by atoms with Crippen molar-refractivity contribution in [3.05, 3.63) is 84.4 Å². The van der Waals surface area contributed by atoms with E-state index in [-0.39, 0.29) is 16.7 Å². The van der Waals surface area contributed by atoms with E-state index in [4.69, 9.17) is 21.1 Å².